The number of rotatable bonds is 14. The average Bonchev–Trinajstić information content (AvgIpc) is 3.16. The smallest absolute Gasteiger partial charge is 0.308 e. The normalized spacial score (nSPS) is 40.1. The van der Waals surface area contributed by atoms with Crippen molar-refractivity contribution in [1.29, 1.82) is 0 Å². The van der Waals surface area contributed by atoms with Gasteiger partial charge in [-0.3, -0.25) is 14.4 Å². The predicted molar refractivity (Wildman–Crippen MR) is 215 cm³/mol. The summed E-state index contributed by atoms with van der Waals surface area (Å²) in [6.07, 6.45) is -1.68. The second-order valence-corrected chi connectivity index (χ2v) is 16.5. The number of hydrogen-bond donors (Lipinski definition) is 2. The molecule has 0 bridgehead atoms. The third kappa shape index (κ3) is 14.1. The minimum Gasteiger partial charge on any atom is -0.462 e. The molecule has 0 aromatic carbocycles. The number of esters is 3. The molecule has 2 saturated heterocycles. The zero-order chi connectivity index (χ0) is 44.0. The fourth-order valence-electron chi connectivity index (χ4n) is 8.27. The van der Waals surface area contributed by atoms with Gasteiger partial charge in [-0.1, -0.05) is 45.1 Å². The van der Waals surface area contributed by atoms with E-state index in [1.165, 1.54) is 14.2 Å². The molecule has 0 spiro atoms. The van der Waals surface area contributed by atoms with Crippen molar-refractivity contribution in [3.8, 4) is 0 Å². The molecule has 0 amide bonds. The lowest BCUT2D eigenvalue weighted by atomic mass is 9.82. The van der Waals surface area contributed by atoms with Gasteiger partial charge in [-0.2, -0.15) is 0 Å². The topological polar surface area (TPSA) is 195 Å². The molecule has 3 heterocycles. The quantitative estimate of drug-likeness (QED) is 0.146. The van der Waals surface area contributed by atoms with Crippen molar-refractivity contribution in [2.75, 3.05) is 28.3 Å². The van der Waals surface area contributed by atoms with Crippen LogP contribution in [0.2, 0.25) is 0 Å². The van der Waals surface area contributed by atoms with E-state index in [4.69, 9.17) is 42.6 Å². The molecular formula is C43H71NO15. The highest BCUT2D eigenvalue weighted by Crippen LogP contribution is 2.39. The van der Waals surface area contributed by atoms with Crippen LogP contribution in [0.1, 0.15) is 99.8 Å². The van der Waals surface area contributed by atoms with Gasteiger partial charge in [0, 0.05) is 46.3 Å². The zero-order valence-electron chi connectivity index (χ0n) is 36.9. The summed E-state index contributed by atoms with van der Waals surface area (Å²) in [6, 6.07) is -0.752. The highest BCUT2D eigenvalue weighted by Gasteiger charge is 2.54. The number of allylic oxidation sites excluding steroid dienone is 2. The maximum atomic E-state index is 13.2. The lowest BCUT2D eigenvalue weighted by Crippen LogP contribution is -2.66. The van der Waals surface area contributed by atoms with Crippen LogP contribution in [0.3, 0.4) is 0 Å². The average molecular weight is 842 g/mol. The van der Waals surface area contributed by atoms with Gasteiger partial charge in [0.25, 0.3) is 0 Å². The number of cyclic esters (lactones) is 1. The zero-order valence-corrected chi connectivity index (χ0v) is 36.9. The molecule has 0 aromatic rings. The van der Waals surface area contributed by atoms with Gasteiger partial charge in [-0.25, -0.2) is 0 Å². The molecule has 2 N–H and O–H groups in total. The molecular weight excluding hydrogens is 770 g/mol. The van der Waals surface area contributed by atoms with E-state index >= 15 is 0 Å². The van der Waals surface area contributed by atoms with Gasteiger partial charge >= 0.3 is 17.9 Å². The largest absolute Gasteiger partial charge is 0.462 e. The van der Waals surface area contributed by atoms with Gasteiger partial charge < -0.3 is 62.5 Å². The number of aliphatic hydroxyl groups excluding tert-OH is 2. The number of methoxy groups -OCH3 is 2. The highest BCUT2D eigenvalue weighted by molar-refractivity contribution is 5.71. The van der Waals surface area contributed by atoms with Crippen molar-refractivity contribution in [3.63, 3.8) is 0 Å². The number of nitrogens with zero attached hydrogens (tertiary/aromatic N) is 1. The highest BCUT2D eigenvalue weighted by atomic mass is 16.7. The maximum absolute atomic E-state index is 13.2. The molecule has 16 heteroatoms. The van der Waals surface area contributed by atoms with Crippen LogP contribution in [0.15, 0.2) is 24.3 Å². The van der Waals surface area contributed by atoms with Crippen molar-refractivity contribution >= 4 is 24.2 Å². The van der Waals surface area contributed by atoms with E-state index < -0.39 is 109 Å². The van der Waals surface area contributed by atoms with Gasteiger partial charge in [0.05, 0.1) is 43.0 Å². The Hall–Kier alpha value is -2.80. The van der Waals surface area contributed by atoms with Crippen molar-refractivity contribution in [3.05, 3.63) is 24.3 Å². The Morgan fingerprint density at radius 1 is 0.966 bits per heavy atom. The lowest BCUT2D eigenvalue weighted by molar-refractivity contribution is -0.344. The molecule has 59 heavy (non-hydrogen) atoms. The van der Waals surface area contributed by atoms with E-state index in [1.54, 1.807) is 71.8 Å². The van der Waals surface area contributed by atoms with Crippen LogP contribution in [-0.4, -0.2) is 153 Å². The van der Waals surface area contributed by atoms with E-state index in [1.807, 2.05) is 19.9 Å². The number of aldehydes is 1. The first-order valence-corrected chi connectivity index (χ1v) is 21.0. The summed E-state index contributed by atoms with van der Waals surface area (Å²) >= 11 is 0. The van der Waals surface area contributed by atoms with E-state index in [9.17, 15) is 29.4 Å². The van der Waals surface area contributed by atoms with Crippen molar-refractivity contribution in [2.45, 2.75) is 185 Å². The Morgan fingerprint density at radius 3 is 2.29 bits per heavy atom. The number of likely N-dealkylation sites (N-methyl/N-ethyl adjacent to an activating group) is 1. The van der Waals surface area contributed by atoms with Gasteiger partial charge in [-0.15, -0.1) is 0 Å². The number of ether oxygens (including phenoxy) is 9. The van der Waals surface area contributed by atoms with Crippen LogP contribution < -0.4 is 0 Å². The molecule has 2 fully saturated rings. The van der Waals surface area contributed by atoms with E-state index in [-0.39, 0.29) is 38.0 Å². The van der Waals surface area contributed by atoms with E-state index in [0.29, 0.717) is 19.3 Å². The van der Waals surface area contributed by atoms with E-state index in [2.05, 4.69) is 0 Å². The summed E-state index contributed by atoms with van der Waals surface area (Å²) in [6.45, 7) is 12.4. The molecule has 0 aliphatic carbocycles. The minimum atomic E-state index is -1.35. The van der Waals surface area contributed by atoms with Gasteiger partial charge in [0.15, 0.2) is 24.3 Å². The standard InChI is InChI=1S/C43H71NO15/c1-12-17-33(48)56-41-28(6)54-35(24-43(41,7)59-32(47)13-2)57-38-27(5)55-42(37(50)36(38)44(8)9)58-39-29(20-21-45)22-25(3)30(46)19-16-14-15-18-26(4)53-34(49)23-31(51-10)40(39)52-11/h14-16,19,21,25-31,35-42,46,50H,12-13,17-18,20,22-24H2,1-11H3/b15-14+,19-16+/t25-,26-,27-,28+,29?,30+,31?,35+,36-,37-,38-,39+,40+,41+,42+,43-/m1/s1. The number of hydrogen-bond acceptors (Lipinski definition) is 16. The fourth-order valence-corrected chi connectivity index (χ4v) is 8.27. The van der Waals surface area contributed by atoms with Crippen molar-refractivity contribution in [1.82, 2.24) is 4.90 Å². The molecule has 0 aromatic heterocycles. The number of aliphatic hydroxyl groups is 2. The Balaban J connectivity index is 1.98. The molecule has 0 radical (unpaired) electrons. The first-order chi connectivity index (χ1) is 27.9. The Labute approximate surface area is 350 Å². The molecule has 2 unspecified atom stereocenters. The molecule has 3 rings (SSSR count). The summed E-state index contributed by atoms with van der Waals surface area (Å²) < 4.78 is 55.3. The molecule has 3 aliphatic heterocycles. The van der Waals surface area contributed by atoms with Crippen LogP contribution in [0.5, 0.6) is 0 Å². The summed E-state index contributed by atoms with van der Waals surface area (Å²) in [7, 11) is 6.44. The SMILES string of the molecule is CCCC(=O)O[C@H]1[C@H](C)O[C@@H](O[C@H]2[C@H](N(C)C)[C@@H](O)[C@H](O[C@H]3C(CC=O)C[C@@H](C)[C@@H](O)/C=C/C=C/C[C@@H](C)OC(=O)CC(OC)[C@@H]3OC)O[C@@H]2C)C[C@@]1(C)OC(=O)CC. The second kappa shape index (κ2) is 24.0. The number of carbonyl (C=O) groups is 4. The summed E-state index contributed by atoms with van der Waals surface area (Å²) in [4.78, 5) is 52.5. The van der Waals surface area contributed by atoms with Crippen LogP contribution in [0.4, 0.5) is 0 Å². The third-order valence-corrected chi connectivity index (χ3v) is 11.4. The predicted octanol–water partition coefficient (Wildman–Crippen LogP) is 3.81. The Kier molecular flexibility index (Phi) is 20.6. The monoisotopic (exact) mass is 841 g/mol. The minimum absolute atomic E-state index is 0.00232. The molecule has 16 atom stereocenters. The summed E-state index contributed by atoms with van der Waals surface area (Å²) in [5, 5.41) is 23.2. The lowest BCUT2D eigenvalue weighted by Gasteiger charge is -2.51. The second-order valence-electron chi connectivity index (χ2n) is 16.5. The Morgan fingerprint density at radius 2 is 1.68 bits per heavy atom. The van der Waals surface area contributed by atoms with Crippen LogP contribution in [0.25, 0.3) is 0 Å². The van der Waals surface area contributed by atoms with Crippen molar-refractivity contribution in [2.24, 2.45) is 11.8 Å². The van der Waals surface area contributed by atoms with Gasteiger partial charge in [0.1, 0.15) is 30.7 Å². The van der Waals surface area contributed by atoms with Crippen molar-refractivity contribution < 1.29 is 72.0 Å². The fraction of sp³-hybridized carbons (Fsp3) is 0.814. The molecule has 0 saturated carbocycles. The Bertz CT molecular complexity index is 1390. The van der Waals surface area contributed by atoms with Crippen LogP contribution in [0, 0.1) is 11.8 Å². The molecule has 3 aliphatic rings. The molecule has 338 valence electrons. The first-order valence-electron chi connectivity index (χ1n) is 21.0. The summed E-state index contributed by atoms with van der Waals surface area (Å²) in [5.74, 6) is -2.36. The van der Waals surface area contributed by atoms with Gasteiger partial charge in [0.2, 0.25) is 0 Å². The van der Waals surface area contributed by atoms with E-state index in [0.717, 1.165) is 6.29 Å². The van der Waals surface area contributed by atoms with Crippen LogP contribution >= 0.6 is 0 Å². The van der Waals surface area contributed by atoms with Crippen LogP contribution in [-0.2, 0) is 61.8 Å². The number of carbonyl (C=O) groups excluding carboxylic acids is 4. The summed E-state index contributed by atoms with van der Waals surface area (Å²) in [5.41, 5.74) is -1.29. The first kappa shape index (κ1) is 50.6. The maximum Gasteiger partial charge on any atom is 0.308 e. The molecule has 16 nitrogen and oxygen atoms in total. The third-order valence-electron chi connectivity index (χ3n) is 11.4. The van der Waals surface area contributed by atoms with Gasteiger partial charge in [-0.05, 0) is 66.5 Å².